The van der Waals surface area contributed by atoms with E-state index in [1.165, 1.54) is 6.08 Å². The van der Waals surface area contributed by atoms with Gasteiger partial charge in [0.1, 0.15) is 0 Å². The number of fused-ring (bicyclic) bond motifs is 1. The van der Waals surface area contributed by atoms with Gasteiger partial charge in [-0.05, 0) is 53.8 Å². The smallest absolute Gasteiger partial charge is 0.251 e. The van der Waals surface area contributed by atoms with Gasteiger partial charge < -0.3 is 15.6 Å². The highest BCUT2D eigenvalue weighted by Gasteiger charge is 2.23. The van der Waals surface area contributed by atoms with Crippen molar-refractivity contribution in [2.75, 3.05) is 6.54 Å². The van der Waals surface area contributed by atoms with Gasteiger partial charge in [-0.3, -0.25) is 9.59 Å². The van der Waals surface area contributed by atoms with Crippen molar-refractivity contribution in [3.8, 4) is 0 Å². The number of hydrogen-bond acceptors (Lipinski definition) is 2. The lowest BCUT2D eigenvalue weighted by Crippen LogP contribution is -2.27. The van der Waals surface area contributed by atoms with Gasteiger partial charge in [0.05, 0.1) is 0 Å². The number of amides is 2. The van der Waals surface area contributed by atoms with Gasteiger partial charge in [0.25, 0.3) is 5.91 Å². The van der Waals surface area contributed by atoms with Crippen LogP contribution in [0, 0.1) is 0 Å². The molecule has 1 atom stereocenters. The molecule has 0 radical (unpaired) electrons. The first-order valence-corrected chi connectivity index (χ1v) is 11.7. The van der Waals surface area contributed by atoms with Gasteiger partial charge in [0.15, 0.2) is 0 Å². The standard InChI is InChI=1S/C29H27N3O2/c33-28(17-12-20-10-13-22(14-11-20)29(34)32-23-15-16-23)31-18-25(21-6-2-1-3-7-21)26-19-30-27-9-5-4-8-24(26)27/h1-14,17,19,23,25,30H,15-16,18H2,(H,31,33)(H,32,34)/b17-12+. The van der Waals surface area contributed by atoms with E-state index >= 15 is 0 Å². The third-order valence-electron chi connectivity index (χ3n) is 6.19. The lowest BCUT2D eigenvalue weighted by Gasteiger charge is -2.17. The number of carbonyl (C=O) groups excluding carboxylic acids is 2. The zero-order valence-electron chi connectivity index (χ0n) is 18.8. The molecule has 0 saturated heterocycles. The third kappa shape index (κ3) is 5.09. The minimum atomic E-state index is -0.156. The Kier molecular flexibility index (Phi) is 6.25. The van der Waals surface area contributed by atoms with E-state index in [9.17, 15) is 9.59 Å². The summed E-state index contributed by atoms with van der Waals surface area (Å²) in [5.41, 5.74) is 4.90. The fourth-order valence-corrected chi connectivity index (χ4v) is 4.15. The largest absolute Gasteiger partial charge is 0.361 e. The summed E-state index contributed by atoms with van der Waals surface area (Å²) >= 11 is 0. The van der Waals surface area contributed by atoms with E-state index in [1.807, 2.05) is 48.7 Å². The Morgan fingerprint density at radius 2 is 1.68 bits per heavy atom. The Morgan fingerprint density at radius 1 is 0.941 bits per heavy atom. The Labute approximate surface area is 198 Å². The fourth-order valence-electron chi connectivity index (χ4n) is 4.15. The zero-order chi connectivity index (χ0) is 23.3. The predicted octanol–water partition coefficient (Wildman–Crippen LogP) is 5.02. The summed E-state index contributed by atoms with van der Waals surface area (Å²) < 4.78 is 0. The van der Waals surface area contributed by atoms with Crippen molar-refractivity contribution in [2.45, 2.75) is 24.8 Å². The van der Waals surface area contributed by atoms with Crippen molar-refractivity contribution in [1.82, 2.24) is 15.6 Å². The van der Waals surface area contributed by atoms with E-state index in [2.05, 4.69) is 39.9 Å². The van der Waals surface area contributed by atoms with Gasteiger partial charge in [0.2, 0.25) is 5.91 Å². The number of carbonyl (C=O) groups is 2. The maximum atomic E-state index is 12.6. The molecule has 0 aliphatic heterocycles. The molecule has 4 aromatic rings. The van der Waals surface area contributed by atoms with E-state index in [-0.39, 0.29) is 17.7 Å². The van der Waals surface area contributed by atoms with Gasteiger partial charge in [-0.25, -0.2) is 0 Å². The van der Waals surface area contributed by atoms with Crippen LogP contribution in [0.15, 0.2) is 91.1 Å². The highest BCUT2D eigenvalue weighted by atomic mass is 16.2. The van der Waals surface area contributed by atoms with Crippen LogP contribution in [0.5, 0.6) is 0 Å². The highest BCUT2D eigenvalue weighted by Crippen LogP contribution is 2.30. The van der Waals surface area contributed by atoms with Gasteiger partial charge >= 0.3 is 0 Å². The van der Waals surface area contributed by atoms with Crippen LogP contribution in [0.4, 0.5) is 0 Å². The average molecular weight is 450 g/mol. The number of rotatable bonds is 8. The molecule has 1 aliphatic rings. The molecule has 34 heavy (non-hydrogen) atoms. The maximum absolute atomic E-state index is 12.6. The number of nitrogens with one attached hydrogen (secondary N) is 3. The molecule has 5 rings (SSSR count). The molecule has 5 nitrogen and oxygen atoms in total. The molecule has 1 fully saturated rings. The summed E-state index contributed by atoms with van der Waals surface area (Å²) in [6.07, 6.45) is 7.46. The van der Waals surface area contributed by atoms with Crippen molar-refractivity contribution in [2.24, 2.45) is 0 Å². The minimum absolute atomic E-state index is 0.0268. The molecule has 5 heteroatoms. The number of para-hydroxylation sites is 1. The second-order valence-corrected chi connectivity index (χ2v) is 8.70. The lowest BCUT2D eigenvalue weighted by atomic mass is 9.91. The fraction of sp³-hybridized carbons (Fsp3) is 0.172. The number of benzene rings is 3. The molecule has 0 spiro atoms. The van der Waals surface area contributed by atoms with Gasteiger partial charge in [0, 0.05) is 47.2 Å². The Hall–Kier alpha value is -4.12. The Balaban J connectivity index is 1.25. The first-order valence-electron chi connectivity index (χ1n) is 11.7. The van der Waals surface area contributed by atoms with Gasteiger partial charge in [-0.15, -0.1) is 0 Å². The van der Waals surface area contributed by atoms with Crippen LogP contribution >= 0.6 is 0 Å². The summed E-state index contributed by atoms with van der Waals surface area (Å²) in [5.74, 6) is -0.171. The van der Waals surface area contributed by atoms with E-state index in [0.29, 0.717) is 18.2 Å². The van der Waals surface area contributed by atoms with Crippen LogP contribution in [-0.4, -0.2) is 29.4 Å². The van der Waals surface area contributed by atoms with Crippen molar-refractivity contribution in [3.63, 3.8) is 0 Å². The molecule has 1 unspecified atom stereocenters. The first-order chi connectivity index (χ1) is 16.7. The Morgan fingerprint density at radius 3 is 2.44 bits per heavy atom. The van der Waals surface area contributed by atoms with Gasteiger partial charge in [-0.1, -0.05) is 60.7 Å². The Bertz CT molecular complexity index is 1320. The molecule has 1 saturated carbocycles. The van der Waals surface area contributed by atoms with Gasteiger partial charge in [-0.2, -0.15) is 0 Å². The molecule has 3 N–H and O–H groups in total. The second-order valence-electron chi connectivity index (χ2n) is 8.70. The monoisotopic (exact) mass is 449 g/mol. The summed E-state index contributed by atoms with van der Waals surface area (Å²) in [5, 5.41) is 7.20. The van der Waals surface area contributed by atoms with Crippen LogP contribution in [-0.2, 0) is 4.79 Å². The SMILES string of the molecule is O=C(/C=C/c1ccc(C(=O)NC2CC2)cc1)NCC(c1ccccc1)c1c[nH]c2ccccc12. The van der Waals surface area contributed by atoms with E-state index in [1.54, 1.807) is 18.2 Å². The molecule has 1 aromatic heterocycles. The molecule has 1 aliphatic carbocycles. The number of aromatic nitrogens is 1. The molecule has 3 aromatic carbocycles. The molecule has 170 valence electrons. The number of hydrogen-bond donors (Lipinski definition) is 3. The van der Waals surface area contributed by atoms with Crippen molar-refractivity contribution in [3.05, 3.63) is 113 Å². The molecular weight excluding hydrogens is 422 g/mol. The summed E-state index contributed by atoms with van der Waals surface area (Å²) in [6, 6.07) is 26.0. The van der Waals surface area contributed by atoms with Crippen molar-refractivity contribution in [1.29, 1.82) is 0 Å². The lowest BCUT2D eigenvalue weighted by molar-refractivity contribution is -0.116. The van der Waals surface area contributed by atoms with Crippen LogP contribution < -0.4 is 10.6 Å². The molecule has 2 amide bonds. The van der Waals surface area contributed by atoms with E-state index in [4.69, 9.17) is 0 Å². The zero-order valence-corrected chi connectivity index (χ0v) is 18.8. The van der Waals surface area contributed by atoms with E-state index in [0.717, 1.165) is 40.4 Å². The summed E-state index contributed by atoms with van der Waals surface area (Å²) in [4.78, 5) is 28.1. The van der Waals surface area contributed by atoms with Crippen molar-refractivity contribution >= 4 is 28.8 Å². The van der Waals surface area contributed by atoms with Crippen LogP contribution in [0.2, 0.25) is 0 Å². The minimum Gasteiger partial charge on any atom is -0.361 e. The van der Waals surface area contributed by atoms with E-state index < -0.39 is 0 Å². The molecule has 0 bridgehead atoms. The maximum Gasteiger partial charge on any atom is 0.251 e. The van der Waals surface area contributed by atoms with Crippen LogP contribution in [0.3, 0.4) is 0 Å². The summed E-state index contributed by atoms with van der Waals surface area (Å²) in [7, 11) is 0. The predicted molar refractivity (Wildman–Crippen MR) is 136 cm³/mol. The first kappa shape index (κ1) is 21.7. The number of H-pyrrole nitrogens is 1. The quantitative estimate of drug-likeness (QED) is 0.331. The second kappa shape index (κ2) is 9.79. The highest BCUT2D eigenvalue weighted by molar-refractivity contribution is 5.95. The normalized spacial score (nSPS) is 14.2. The average Bonchev–Trinajstić information content (AvgIpc) is 3.60. The summed E-state index contributed by atoms with van der Waals surface area (Å²) in [6.45, 7) is 0.481. The third-order valence-corrected chi connectivity index (χ3v) is 6.19. The molecular formula is C29H27N3O2. The van der Waals surface area contributed by atoms with Crippen LogP contribution in [0.1, 0.15) is 45.8 Å². The molecule has 1 heterocycles. The topological polar surface area (TPSA) is 74.0 Å². The van der Waals surface area contributed by atoms with Crippen molar-refractivity contribution < 1.29 is 9.59 Å². The number of aromatic amines is 1. The van der Waals surface area contributed by atoms with Crippen LogP contribution in [0.25, 0.3) is 17.0 Å².